The van der Waals surface area contributed by atoms with Crippen LogP contribution in [0, 0.1) is 0 Å². The monoisotopic (exact) mass is 347 g/mol. The molecule has 1 N–H and O–H groups in total. The summed E-state index contributed by atoms with van der Waals surface area (Å²) in [6.07, 6.45) is 2.78. The molecule has 0 spiro atoms. The zero-order valence-corrected chi connectivity index (χ0v) is 13.6. The molecule has 124 valence electrons. The van der Waals surface area contributed by atoms with Gasteiger partial charge in [-0.3, -0.25) is 9.59 Å². The number of rotatable bonds is 4. The fourth-order valence-electron chi connectivity index (χ4n) is 2.63. The van der Waals surface area contributed by atoms with E-state index in [4.69, 9.17) is 16.0 Å². The Morgan fingerprint density at radius 3 is 2.71 bits per heavy atom. The van der Waals surface area contributed by atoms with E-state index in [1.54, 1.807) is 0 Å². The molecule has 6 nitrogen and oxygen atoms in total. The summed E-state index contributed by atoms with van der Waals surface area (Å²) in [5.74, 6) is -1.36. The number of aryl methyl sites for hydroxylation is 1. The Morgan fingerprint density at radius 2 is 2.04 bits per heavy atom. The lowest BCUT2D eigenvalue weighted by atomic mass is 10.1. The molecule has 0 aliphatic heterocycles. The van der Waals surface area contributed by atoms with Crippen molar-refractivity contribution in [2.45, 2.75) is 26.3 Å². The number of carboxylic acid groups (broad SMARTS) is 1. The van der Waals surface area contributed by atoms with Crippen LogP contribution in [0.1, 0.15) is 30.1 Å². The average molecular weight is 348 g/mol. The van der Waals surface area contributed by atoms with Crippen molar-refractivity contribution in [3.05, 3.63) is 55.4 Å². The first-order valence-electron chi connectivity index (χ1n) is 7.47. The Hall–Kier alpha value is -2.60. The number of aromatic carboxylic acids is 1. The van der Waals surface area contributed by atoms with Crippen LogP contribution in [0.15, 0.2) is 38.4 Å². The maximum Gasteiger partial charge on any atom is 0.341 e. The summed E-state index contributed by atoms with van der Waals surface area (Å²) in [6, 6.07) is 4.50. The number of carboxylic acids is 1. The van der Waals surface area contributed by atoms with Gasteiger partial charge in [0.15, 0.2) is 0 Å². The van der Waals surface area contributed by atoms with E-state index in [1.165, 1.54) is 29.0 Å². The number of aromatic nitrogens is 1. The Bertz CT molecular complexity index is 1080. The van der Waals surface area contributed by atoms with Crippen molar-refractivity contribution in [2.75, 3.05) is 0 Å². The summed E-state index contributed by atoms with van der Waals surface area (Å²) in [6.45, 7) is 2.38. The zero-order valence-electron chi connectivity index (χ0n) is 12.8. The highest BCUT2D eigenvalue weighted by Gasteiger charge is 2.20. The van der Waals surface area contributed by atoms with Crippen LogP contribution in [0.3, 0.4) is 0 Å². The Balaban J connectivity index is 2.51. The van der Waals surface area contributed by atoms with Gasteiger partial charge in [-0.2, -0.15) is 0 Å². The van der Waals surface area contributed by atoms with Gasteiger partial charge in [0.1, 0.15) is 16.7 Å². The molecule has 3 rings (SSSR count). The maximum absolute atomic E-state index is 12.8. The van der Waals surface area contributed by atoms with Crippen molar-refractivity contribution in [1.82, 2.24) is 4.57 Å². The quantitative estimate of drug-likeness (QED) is 0.731. The van der Waals surface area contributed by atoms with Crippen LogP contribution < -0.4 is 10.9 Å². The number of nitrogens with zero attached hydrogens (tertiary/aromatic N) is 1. The predicted molar refractivity (Wildman–Crippen MR) is 91.1 cm³/mol. The normalized spacial score (nSPS) is 11.2. The molecule has 0 aliphatic rings. The summed E-state index contributed by atoms with van der Waals surface area (Å²) in [4.78, 5) is 36.6. The molecule has 0 saturated carbocycles. The molecule has 0 fully saturated rings. The predicted octanol–water partition coefficient (Wildman–Crippen LogP) is 3.26. The smallest absolute Gasteiger partial charge is 0.341 e. The molecule has 0 radical (unpaired) electrons. The highest BCUT2D eigenvalue weighted by atomic mass is 35.5. The second kappa shape index (κ2) is 6.13. The summed E-state index contributed by atoms with van der Waals surface area (Å²) >= 11 is 5.94. The summed E-state index contributed by atoms with van der Waals surface area (Å²) < 4.78 is 7.05. The van der Waals surface area contributed by atoms with Crippen molar-refractivity contribution in [3.8, 4) is 0 Å². The first-order valence-corrected chi connectivity index (χ1v) is 7.84. The summed E-state index contributed by atoms with van der Waals surface area (Å²) in [5, 5.41) is 9.87. The number of carbonyl (C=O) groups is 1. The first-order chi connectivity index (χ1) is 11.4. The van der Waals surface area contributed by atoms with Crippen molar-refractivity contribution in [1.29, 1.82) is 0 Å². The fourth-order valence-corrected chi connectivity index (χ4v) is 2.80. The van der Waals surface area contributed by atoms with Gasteiger partial charge in [-0.1, -0.05) is 24.9 Å². The van der Waals surface area contributed by atoms with Crippen molar-refractivity contribution < 1.29 is 14.3 Å². The fraction of sp³-hybridized carbons (Fsp3) is 0.235. The van der Waals surface area contributed by atoms with Gasteiger partial charge in [0, 0.05) is 17.8 Å². The molecule has 0 aliphatic carbocycles. The van der Waals surface area contributed by atoms with E-state index in [1.807, 2.05) is 6.92 Å². The summed E-state index contributed by atoms with van der Waals surface area (Å²) in [5.41, 5.74) is -1.62. The number of benzene rings is 1. The molecule has 24 heavy (non-hydrogen) atoms. The van der Waals surface area contributed by atoms with E-state index < -0.39 is 22.4 Å². The Morgan fingerprint density at radius 1 is 1.29 bits per heavy atom. The highest BCUT2D eigenvalue weighted by Crippen LogP contribution is 2.21. The van der Waals surface area contributed by atoms with E-state index >= 15 is 0 Å². The van der Waals surface area contributed by atoms with E-state index in [2.05, 4.69) is 0 Å². The zero-order chi connectivity index (χ0) is 17.4. The van der Waals surface area contributed by atoms with Crippen LogP contribution >= 0.6 is 11.6 Å². The standard InChI is InChI=1S/C17H14ClNO5/c1-2-3-6-19-8-11(17(22)23)15(21)16-13(19)14(20)10-7-9(18)4-5-12(10)24-16/h4-5,7-8H,2-3,6H2,1H3,(H,22,23). The van der Waals surface area contributed by atoms with Gasteiger partial charge in [0.2, 0.25) is 16.4 Å². The minimum absolute atomic E-state index is 0.0632. The minimum atomic E-state index is -1.36. The Kier molecular flexibility index (Phi) is 4.15. The van der Waals surface area contributed by atoms with Crippen molar-refractivity contribution >= 4 is 39.6 Å². The van der Waals surface area contributed by atoms with Crippen LogP contribution in [-0.4, -0.2) is 15.6 Å². The topological polar surface area (TPSA) is 89.5 Å². The van der Waals surface area contributed by atoms with E-state index in [0.717, 1.165) is 12.8 Å². The molecular weight excluding hydrogens is 334 g/mol. The van der Waals surface area contributed by atoms with Gasteiger partial charge in [-0.25, -0.2) is 4.79 Å². The molecular formula is C17H14ClNO5. The molecule has 0 atom stereocenters. The number of pyridine rings is 1. The number of unbranched alkanes of at least 4 members (excludes halogenated alkanes) is 1. The lowest BCUT2D eigenvalue weighted by molar-refractivity contribution is 0.0694. The highest BCUT2D eigenvalue weighted by molar-refractivity contribution is 6.31. The third kappa shape index (κ3) is 2.59. The van der Waals surface area contributed by atoms with Gasteiger partial charge in [0.05, 0.1) is 5.39 Å². The van der Waals surface area contributed by atoms with E-state index in [0.29, 0.717) is 11.6 Å². The molecule has 2 heterocycles. The van der Waals surface area contributed by atoms with Crippen molar-refractivity contribution in [3.63, 3.8) is 0 Å². The van der Waals surface area contributed by atoms with Gasteiger partial charge in [-0.15, -0.1) is 0 Å². The van der Waals surface area contributed by atoms with Crippen LogP contribution in [0.25, 0.3) is 22.1 Å². The number of halogens is 1. The lowest BCUT2D eigenvalue weighted by Crippen LogP contribution is -2.23. The largest absolute Gasteiger partial charge is 0.477 e. The lowest BCUT2D eigenvalue weighted by Gasteiger charge is -2.11. The second-order valence-electron chi connectivity index (χ2n) is 5.47. The second-order valence-corrected chi connectivity index (χ2v) is 5.91. The molecule has 7 heteroatoms. The van der Waals surface area contributed by atoms with Crippen LogP contribution in [0.5, 0.6) is 0 Å². The molecule has 3 aromatic rings. The van der Waals surface area contributed by atoms with Crippen molar-refractivity contribution in [2.24, 2.45) is 0 Å². The van der Waals surface area contributed by atoms with Gasteiger partial charge in [0.25, 0.3) is 0 Å². The van der Waals surface area contributed by atoms with Crippen LogP contribution in [0.2, 0.25) is 5.02 Å². The number of hydrogen-bond acceptors (Lipinski definition) is 4. The molecule has 1 aromatic carbocycles. The van der Waals surface area contributed by atoms with Crippen LogP contribution in [-0.2, 0) is 6.54 Å². The molecule has 0 amide bonds. The van der Waals surface area contributed by atoms with E-state index in [-0.39, 0.29) is 22.1 Å². The van der Waals surface area contributed by atoms with Gasteiger partial charge in [-0.05, 0) is 24.6 Å². The SMILES string of the molecule is CCCCn1cc(C(=O)O)c(=O)c2oc3ccc(Cl)cc3c(=O)c21. The number of hydrogen-bond donors (Lipinski definition) is 1. The maximum atomic E-state index is 12.8. The number of fused-ring (bicyclic) bond motifs is 2. The minimum Gasteiger partial charge on any atom is -0.477 e. The molecule has 0 bridgehead atoms. The molecule has 2 aromatic heterocycles. The van der Waals surface area contributed by atoms with Gasteiger partial charge < -0.3 is 14.1 Å². The summed E-state index contributed by atoms with van der Waals surface area (Å²) in [7, 11) is 0. The Labute approximate surface area is 140 Å². The molecule has 0 unspecified atom stereocenters. The van der Waals surface area contributed by atoms with Crippen LogP contribution in [0.4, 0.5) is 0 Å². The molecule has 0 saturated heterocycles. The van der Waals surface area contributed by atoms with Gasteiger partial charge >= 0.3 is 5.97 Å². The third-order valence-corrected chi connectivity index (χ3v) is 4.07. The first kappa shape index (κ1) is 16.3. The average Bonchev–Trinajstić information content (AvgIpc) is 2.55. The third-order valence-electron chi connectivity index (χ3n) is 3.83. The van der Waals surface area contributed by atoms with E-state index in [9.17, 15) is 19.5 Å².